The van der Waals surface area contributed by atoms with Crippen LogP contribution in [-0.2, 0) is 16.6 Å². The molecule has 0 fully saturated rings. The fourth-order valence-corrected chi connectivity index (χ4v) is 3.46. The number of pyridine rings is 1. The smallest absolute Gasteiger partial charge is 0.243 e. The lowest BCUT2D eigenvalue weighted by atomic mass is 10.3. The van der Waals surface area contributed by atoms with Crippen LogP contribution in [0.5, 0.6) is 0 Å². The number of nitriles is 1. The number of hydrogen-bond acceptors (Lipinski definition) is 4. The number of hydrogen-bond donors (Lipinski definition) is 0. The molecule has 0 N–H and O–H groups in total. The first-order chi connectivity index (χ1) is 10.5. The lowest BCUT2D eigenvalue weighted by Gasteiger charge is -2.21. The first-order valence-electron chi connectivity index (χ1n) is 6.55. The van der Waals surface area contributed by atoms with Gasteiger partial charge in [-0.1, -0.05) is 17.7 Å². The summed E-state index contributed by atoms with van der Waals surface area (Å²) in [7, 11) is -3.69. The molecule has 0 aliphatic rings. The zero-order chi connectivity index (χ0) is 16.0. The monoisotopic (exact) mass is 335 g/mol. The van der Waals surface area contributed by atoms with Gasteiger partial charge in [-0.05, 0) is 35.9 Å². The van der Waals surface area contributed by atoms with E-state index in [-0.39, 0.29) is 24.4 Å². The summed E-state index contributed by atoms with van der Waals surface area (Å²) >= 11 is 5.79. The standard InChI is InChI=1S/C15H14ClN3O2S/c16-14-4-6-15(7-5-14)22(20,21)19(10-2-8-17)12-13-3-1-9-18-11-13/h1,3-7,9,11H,2,10,12H2. The first-order valence-corrected chi connectivity index (χ1v) is 8.37. The largest absolute Gasteiger partial charge is 0.264 e. The van der Waals surface area contributed by atoms with Crippen LogP contribution in [0.3, 0.4) is 0 Å². The molecule has 0 unspecified atom stereocenters. The quantitative estimate of drug-likeness (QED) is 0.813. The molecule has 1 aromatic heterocycles. The predicted octanol–water partition coefficient (Wildman–Crippen LogP) is 2.84. The van der Waals surface area contributed by atoms with E-state index in [0.29, 0.717) is 5.02 Å². The van der Waals surface area contributed by atoms with Gasteiger partial charge >= 0.3 is 0 Å². The summed E-state index contributed by atoms with van der Waals surface area (Å²) in [5.74, 6) is 0. The average Bonchev–Trinajstić information content (AvgIpc) is 2.52. The minimum atomic E-state index is -3.69. The molecule has 0 bridgehead atoms. The van der Waals surface area contributed by atoms with Crippen molar-refractivity contribution in [3.8, 4) is 6.07 Å². The normalized spacial score (nSPS) is 11.3. The fraction of sp³-hybridized carbons (Fsp3) is 0.200. The molecular formula is C15H14ClN3O2S. The van der Waals surface area contributed by atoms with E-state index in [9.17, 15) is 8.42 Å². The highest BCUT2D eigenvalue weighted by atomic mass is 35.5. The second-order valence-corrected chi connectivity index (χ2v) is 6.94. The molecule has 22 heavy (non-hydrogen) atoms. The topological polar surface area (TPSA) is 74.1 Å². The third kappa shape index (κ3) is 4.04. The van der Waals surface area contributed by atoms with Crippen molar-refractivity contribution >= 4 is 21.6 Å². The van der Waals surface area contributed by atoms with Crippen molar-refractivity contribution in [1.82, 2.24) is 9.29 Å². The lowest BCUT2D eigenvalue weighted by molar-refractivity contribution is 0.413. The summed E-state index contributed by atoms with van der Waals surface area (Å²) in [6.45, 7) is 0.289. The molecule has 2 aromatic rings. The van der Waals surface area contributed by atoms with Crippen LogP contribution in [0.2, 0.25) is 5.02 Å². The molecular weight excluding hydrogens is 322 g/mol. The minimum Gasteiger partial charge on any atom is -0.264 e. The van der Waals surface area contributed by atoms with Gasteiger partial charge in [0.2, 0.25) is 10.0 Å². The number of halogens is 1. The van der Waals surface area contributed by atoms with Gasteiger partial charge in [0.05, 0.1) is 11.0 Å². The van der Waals surface area contributed by atoms with Crippen LogP contribution in [-0.4, -0.2) is 24.3 Å². The summed E-state index contributed by atoms with van der Waals surface area (Å²) in [5, 5.41) is 9.22. The van der Waals surface area contributed by atoms with E-state index in [4.69, 9.17) is 16.9 Å². The first kappa shape index (κ1) is 16.4. The molecule has 7 heteroatoms. The molecule has 0 saturated carbocycles. The molecule has 0 saturated heterocycles. The van der Waals surface area contributed by atoms with Gasteiger partial charge in [-0.2, -0.15) is 9.57 Å². The second-order valence-electron chi connectivity index (χ2n) is 4.56. The van der Waals surface area contributed by atoms with Crippen molar-refractivity contribution in [2.24, 2.45) is 0 Å². The van der Waals surface area contributed by atoms with Crippen LogP contribution in [0.4, 0.5) is 0 Å². The van der Waals surface area contributed by atoms with Gasteiger partial charge in [0.25, 0.3) is 0 Å². The summed E-state index contributed by atoms with van der Waals surface area (Å²) in [4.78, 5) is 4.13. The maximum atomic E-state index is 12.7. The Balaban J connectivity index is 2.31. The molecule has 0 radical (unpaired) electrons. The van der Waals surface area contributed by atoms with Crippen LogP contribution in [0.15, 0.2) is 53.7 Å². The highest BCUT2D eigenvalue weighted by Gasteiger charge is 2.24. The summed E-state index contributed by atoms with van der Waals surface area (Å²) in [6, 6.07) is 11.5. The van der Waals surface area contributed by atoms with Crippen LogP contribution in [0, 0.1) is 11.3 Å². The van der Waals surface area contributed by atoms with E-state index in [2.05, 4.69) is 4.98 Å². The van der Waals surface area contributed by atoms with E-state index in [0.717, 1.165) is 5.56 Å². The van der Waals surface area contributed by atoms with Crippen molar-refractivity contribution in [2.45, 2.75) is 17.9 Å². The van der Waals surface area contributed by atoms with Crippen molar-refractivity contribution in [3.05, 3.63) is 59.4 Å². The number of benzene rings is 1. The van der Waals surface area contributed by atoms with Crippen molar-refractivity contribution in [2.75, 3.05) is 6.54 Å². The van der Waals surface area contributed by atoms with E-state index in [1.54, 1.807) is 24.5 Å². The third-order valence-electron chi connectivity index (χ3n) is 3.01. The minimum absolute atomic E-state index is 0.118. The number of rotatable bonds is 6. The van der Waals surface area contributed by atoms with Crippen molar-refractivity contribution < 1.29 is 8.42 Å². The summed E-state index contributed by atoms with van der Waals surface area (Å²) in [5.41, 5.74) is 0.762. The van der Waals surface area contributed by atoms with Gasteiger partial charge in [0.1, 0.15) is 0 Å². The van der Waals surface area contributed by atoms with Crippen LogP contribution in [0.1, 0.15) is 12.0 Å². The molecule has 0 aliphatic carbocycles. The molecule has 1 aromatic carbocycles. The number of aromatic nitrogens is 1. The Morgan fingerprint density at radius 3 is 2.55 bits per heavy atom. The zero-order valence-electron chi connectivity index (χ0n) is 11.7. The van der Waals surface area contributed by atoms with E-state index >= 15 is 0 Å². The Morgan fingerprint density at radius 2 is 1.95 bits per heavy atom. The highest BCUT2D eigenvalue weighted by Crippen LogP contribution is 2.20. The van der Waals surface area contributed by atoms with Gasteiger partial charge in [-0.15, -0.1) is 0 Å². The van der Waals surface area contributed by atoms with E-state index < -0.39 is 10.0 Å². The molecule has 1 heterocycles. The predicted molar refractivity (Wildman–Crippen MR) is 83.5 cm³/mol. The molecule has 114 valence electrons. The molecule has 2 rings (SSSR count). The maximum Gasteiger partial charge on any atom is 0.243 e. The Labute approximate surface area is 134 Å². The maximum absolute atomic E-state index is 12.7. The van der Waals surface area contributed by atoms with Crippen LogP contribution in [0.25, 0.3) is 0 Å². The van der Waals surface area contributed by atoms with E-state index in [1.807, 2.05) is 6.07 Å². The Morgan fingerprint density at radius 1 is 1.23 bits per heavy atom. The number of nitrogens with zero attached hydrogens (tertiary/aromatic N) is 3. The van der Waals surface area contributed by atoms with Gasteiger partial charge in [-0.25, -0.2) is 8.42 Å². The average molecular weight is 336 g/mol. The third-order valence-corrected chi connectivity index (χ3v) is 5.12. The SMILES string of the molecule is N#CCCN(Cc1cccnc1)S(=O)(=O)c1ccc(Cl)cc1. The van der Waals surface area contributed by atoms with Gasteiger partial charge in [0.15, 0.2) is 0 Å². The molecule has 5 nitrogen and oxygen atoms in total. The molecule has 0 atom stereocenters. The molecule has 0 amide bonds. The van der Waals surface area contributed by atoms with Gasteiger partial charge in [-0.3, -0.25) is 4.98 Å². The Kier molecular flexibility index (Phi) is 5.50. The van der Waals surface area contributed by atoms with Crippen LogP contribution < -0.4 is 0 Å². The van der Waals surface area contributed by atoms with Gasteiger partial charge < -0.3 is 0 Å². The fourth-order valence-electron chi connectivity index (χ4n) is 1.91. The van der Waals surface area contributed by atoms with Crippen LogP contribution >= 0.6 is 11.6 Å². The lowest BCUT2D eigenvalue weighted by Crippen LogP contribution is -2.31. The van der Waals surface area contributed by atoms with E-state index in [1.165, 1.54) is 28.6 Å². The molecule has 0 aliphatic heterocycles. The Bertz CT molecular complexity index is 756. The second kappa shape index (κ2) is 7.36. The van der Waals surface area contributed by atoms with Crippen molar-refractivity contribution in [1.29, 1.82) is 5.26 Å². The van der Waals surface area contributed by atoms with Gasteiger partial charge in [0, 0.05) is 36.9 Å². The molecule has 0 spiro atoms. The number of sulfonamides is 1. The summed E-state index contributed by atoms with van der Waals surface area (Å²) in [6.07, 6.45) is 3.35. The van der Waals surface area contributed by atoms with Crippen molar-refractivity contribution in [3.63, 3.8) is 0 Å². The zero-order valence-corrected chi connectivity index (χ0v) is 13.3. The summed E-state index contributed by atoms with van der Waals surface area (Å²) < 4.78 is 26.7. The highest BCUT2D eigenvalue weighted by molar-refractivity contribution is 7.89. The Hall–Kier alpha value is -1.94.